The second kappa shape index (κ2) is 7.59. The average Bonchev–Trinajstić information content (AvgIpc) is 3.39. The Morgan fingerprint density at radius 2 is 1.92 bits per heavy atom. The Morgan fingerprint density at radius 3 is 2.56 bits per heavy atom. The molecule has 0 bridgehead atoms. The van der Waals surface area contributed by atoms with E-state index in [4.69, 9.17) is 4.74 Å². The summed E-state index contributed by atoms with van der Waals surface area (Å²) in [6, 6.07) is 7.56. The van der Waals surface area contributed by atoms with E-state index in [1.165, 1.54) is 0 Å². The van der Waals surface area contributed by atoms with E-state index in [0.717, 1.165) is 48.3 Å². The molecular formula is C19H25N3O3. The average molecular weight is 343 g/mol. The van der Waals surface area contributed by atoms with Gasteiger partial charge in [0.1, 0.15) is 5.76 Å². The zero-order valence-corrected chi connectivity index (χ0v) is 14.7. The highest BCUT2D eigenvalue weighted by Gasteiger charge is 2.23. The molecule has 3 N–H and O–H groups in total. The highest BCUT2D eigenvalue weighted by atomic mass is 16.5. The SMILES string of the molecule is CC1=C(C(=O)NC(C)c2ccc(NC(=O)NC3CC3)cc2)CCCO1. The van der Waals surface area contributed by atoms with Crippen LogP contribution in [0.15, 0.2) is 35.6 Å². The number of amides is 3. The second-order valence-electron chi connectivity index (χ2n) is 6.68. The Kier molecular flexibility index (Phi) is 5.26. The van der Waals surface area contributed by atoms with Crippen LogP contribution in [0.4, 0.5) is 10.5 Å². The minimum absolute atomic E-state index is 0.0734. The number of anilines is 1. The van der Waals surface area contributed by atoms with Crippen LogP contribution >= 0.6 is 0 Å². The highest BCUT2D eigenvalue weighted by Crippen LogP contribution is 2.22. The van der Waals surface area contributed by atoms with E-state index in [-0.39, 0.29) is 18.0 Å². The number of benzene rings is 1. The third kappa shape index (κ3) is 4.75. The lowest BCUT2D eigenvalue weighted by atomic mass is 10.0. The number of hydrogen-bond donors (Lipinski definition) is 3. The van der Waals surface area contributed by atoms with Crippen LogP contribution in [-0.4, -0.2) is 24.6 Å². The number of urea groups is 1. The van der Waals surface area contributed by atoms with Crippen molar-refractivity contribution >= 4 is 17.6 Å². The lowest BCUT2D eigenvalue weighted by molar-refractivity contribution is -0.118. The van der Waals surface area contributed by atoms with Gasteiger partial charge in [-0.2, -0.15) is 0 Å². The molecule has 6 nitrogen and oxygen atoms in total. The lowest BCUT2D eigenvalue weighted by Gasteiger charge is -2.21. The Balaban J connectivity index is 1.55. The summed E-state index contributed by atoms with van der Waals surface area (Å²) in [6.45, 7) is 4.46. The molecule has 0 spiro atoms. The Bertz CT molecular complexity index is 678. The van der Waals surface area contributed by atoms with E-state index < -0.39 is 0 Å². The molecule has 1 saturated carbocycles. The first-order chi connectivity index (χ1) is 12.0. The van der Waals surface area contributed by atoms with E-state index in [2.05, 4.69) is 16.0 Å². The smallest absolute Gasteiger partial charge is 0.319 e. The van der Waals surface area contributed by atoms with Gasteiger partial charge in [-0.25, -0.2) is 4.79 Å². The fourth-order valence-electron chi connectivity index (χ4n) is 2.81. The van der Waals surface area contributed by atoms with Gasteiger partial charge in [-0.05, 0) is 57.2 Å². The molecule has 0 saturated heterocycles. The van der Waals surface area contributed by atoms with Crippen molar-refractivity contribution in [2.24, 2.45) is 0 Å². The van der Waals surface area contributed by atoms with Gasteiger partial charge in [0, 0.05) is 11.7 Å². The third-order valence-corrected chi connectivity index (χ3v) is 4.52. The summed E-state index contributed by atoms with van der Waals surface area (Å²) in [5.74, 6) is 0.646. The van der Waals surface area contributed by atoms with Gasteiger partial charge in [-0.3, -0.25) is 4.79 Å². The van der Waals surface area contributed by atoms with Crippen LogP contribution in [0.3, 0.4) is 0 Å². The number of allylic oxidation sites excluding steroid dienone is 1. The number of hydrogen-bond acceptors (Lipinski definition) is 3. The van der Waals surface area contributed by atoms with Crippen molar-refractivity contribution in [3.63, 3.8) is 0 Å². The van der Waals surface area contributed by atoms with E-state index >= 15 is 0 Å². The zero-order valence-electron chi connectivity index (χ0n) is 14.7. The molecule has 2 aliphatic rings. The lowest BCUT2D eigenvalue weighted by Crippen LogP contribution is -2.30. The van der Waals surface area contributed by atoms with Crippen LogP contribution < -0.4 is 16.0 Å². The fourth-order valence-corrected chi connectivity index (χ4v) is 2.81. The number of ether oxygens (including phenoxy) is 1. The van der Waals surface area contributed by atoms with Crippen LogP contribution in [0.25, 0.3) is 0 Å². The van der Waals surface area contributed by atoms with Crippen LogP contribution in [0.5, 0.6) is 0 Å². The van der Waals surface area contributed by atoms with E-state index in [1.54, 1.807) is 0 Å². The topological polar surface area (TPSA) is 79.5 Å². The van der Waals surface area contributed by atoms with Crippen LogP contribution in [0.2, 0.25) is 0 Å². The van der Waals surface area contributed by atoms with Crippen molar-refractivity contribution in [2.45, 2.75) is 51.6 Å². The van der Waals surface area contributed by atoms with Gasteiger partial charge < -0.3 is 20.7 Å². The minimum Gasteiger partial charge on any atom is -0.498 e. The molecule has 1 unspecified atom stereocenters. The predicted molar refractivity (Wildman–Crippen MR) is 96.1 cm³/mol. The number of rotatable bonds is 5. The summed E-state index contributed by atoms with van der Waals surface area (Å²) in [4.78, 5) is 24.1. The summed E-state index contributed by atoms with van der Waals surface area (Å²) >= 11 is 0. The first kappa shape index (κ1) is 17.3. The maximum absolute atomic E-state index is 12.4. The molecule has 3 rings (SSSR count). The normalized spacial score (nSPS) is 18.2. The first-order valence-electron chi connectivity index (χ1n) is 8.84. The van der Waals surface area contributed by atoms with E-state index in [0.29, 0.717) is 12.6 Å². The molecule has 1 atom stereocenters. The van der Waals surface area contributed by atoms with Crippen molar-refractivity contribution in [3.8, 4) is 0 Å². The maximum atomic E-state index is 12.4. The summed E-state index contributed by atoms with van der Waals surface area (Å²) < 4.78 is 5.46. The van der Waals surface area contributed by atoms with Crippen LogP contribution in [0, 0.1) is 0 Å². The zero-order chi connectivity index (χ0) is 17.8. The molecule has 1 aliphatic carbocycles. The van der Waals surface area contributed by atoms with Crippen LogP contribution in [-0.2, 0) is 9.53 Å². The molecule has 0 radical (unpaired) electrons. The third-order valence-electron chi connectivity index (χ3n) is 4.52. The van der Waals surface area contributed by atoms with Gasteiger partial charge in [-0.15, -0.1) is 0 Å². The molecule has 6 heteroatoms. The Hall–Kier alpha value is -2.50. The Morgan fingerprint density at radius 1 is 1.20 bits per heavy atom. The quantitative estimate of drug-likeness (QED) is 0.768. The van der Waals surface area contributed by atoms with E-state index in [1.807, 2.05) is 38.1 Å². The summed E-state index contributed by atoms with van der Waals surface area (Å²) in [7, 11) is 0. The first-order valence-corrected chi connectivity index (χ1v) is 8.84. The van der Waals surface area contributed by atoms with Crippen molar-refractivity contribution in [3.05, 3.63) is 41.2 Å². The van der Waals surface area contributed by atoms with Gasteiger partial charge in [0.25, 0.3) is 5.91 Å². The monoisotopic (exact) mass is 343 g/mol. The molecule has 1 aromatic rings. The maximum Gasteiger partial charge on any atom is 0.319 e. The second-order valence-corrected chi connectivity index (χ2v) is 6.68. The fraction of sp³-hybridized carbons (Fsp3) is 0.474. The number of carbonyl (C=O) groups is 2. The predicted octanol–water partition coefficient (Wildman–Crippen LogP) is 3.23. The highest BCUT2D eigenvalue weighted by molar-refractivity contribution is 5.94. The van der Waals surface area contributed by atoms with E-state index in [9.17, 15) is 9.59 Å². The molecule has 1 fully saturated rings. The molecular weight excluding hydrogens is 318 g/mol. The van der Waals surface area contributed by atoms with Gasteiger partial charge in [-0.1, -0.05) is 12.1 Å². The molecule has 1 heterocycles. The van der Waals surface area contributed by atoms with Crippen molar-refractivity contribution in [1.82, 2.24) is 10.6 Å². The van der Waals surface area contributed by atoms with Crippen molar-refractivity contribution < 1.29 is 14.3 Å². The van der Waals surface area contributed by atoms with Crippen molar-refractivity contribution in [2.75, 3.05) is 11.9 Å². The van der Waals surface area contributed by atoms with Gasteiger partial charge in [0.2, 0.25) is 0 Å². The molecule has 134 valence electrons. The minimum atomic E-state index is -0.170. The van der Waals surface area contributed by atoms with Gasteiger partial charge >= 0.3 is 6.03 Å². The number of nitrogens with one attached hydrogen (secondary N) is 3. The number of carbonyl (C=O) groups excluding carboxylic acids is 2. The summed E-state index contributed by atoms with van der Waals surface area (Å²) in [5, 5.41) is 8.71. The molecule has 0 aromatic heterocycles. The van der Waals surface area contributed by atoms with Crippen LogP contribution in [0.1, 0.15) is 51.1 Å². The Labute approximate surface area is 148 Å². The molecule has 1 aromatic carbocycles. The molecule has 1 aliphatic heterocycles. The summed E-state index contributed by atoms with van der Waals surface area (Å²) in [6.07, 6.45) is 3.75. The van der Waals surface area contributed by atoms with Gasteiger partial charge in [0.15, 0.2) is 0 Å². The standard InChI is InChI=1S/C19H25N3O3/c1-12(20-18(23)17-4-3-11-25-13(17)2)14-5-7-15(8-6-14)21-19(24)22-16-9-10-16/h5-8,12,16H,3-4,9-11H2,1-2H3,(H,20,23)(H2,21,22,24). The molecule has 25 heavy (non-hydrogen) atoms. The summed E-state index contributed by atoms with van der Waals surface area (Å²) in [5.41, 5.74) is 2.45. The van der Waals surface area contributed by atoms with Gasteiger partial charge in [0.05, 0.1) is 18.2 Å². The molecule has 3 amide bonds. The van der Waals surface area contributed by atoms with Crippen molar-refractivity contribution in [1.29, 1.82) is 0 Å². The largest absolute Gasteiger partial charge is 0.498 e.